The van der Waals surface area contributed by atoms with Crippen molar-refractivity contribution in [3.8, 4) is 0 Å². The van der Waals surface area contributed by atoms with E-state index in [4.69, 9.17) is 4.42 Å². The molecule has 160 valence electrons. The van der Waals surface area contributed by atoms with Crippen molar-refractivity contribution in [2.45, 2.75) is 31.6 Å². The Morgan fingerprint density at radius 1 is 1.03 bits per heavy atom. The highest BCUT2D eigenvalue weighted by Gasteiger charge is 2.30. The summed E-state index contributed by atoms with van der Waals surface area (Å²) in [6.07, 6.45) is 3.15. The molecule has 3 aromatic rings. The number of nitrogens with one attached hydrogen (secondary N) is 1. The van der Waals surface area contributed by atoms with Gasteiger partial charge in [-0.25, -0.2) is 13.8 Å². The molecule has 0 unspecified atom stereocenters. The number of piperidine rings is 1. The van der Waals surface area contributed by atoms with Gasteiger partial charge in [0.15, 0.2) is 11.5 Å². The summed E-state index contributed by atoms with van der Waals surface area (Å²) in [7, 11) is 0. The molecule has 6 nitrogen and oxygen atoms in total. The highest BCUT2D eigenvalue weighted by Crippen LogP contribution is 2.40. The summed E-state index contributed by atoms with van der Waals surface area (Å²) in [5.74, 6) is -1.29. The van der Waals surface area contributed by atoms with Gasteiger partial charge in [0.1, 0.15) is 17.2 Å². The van der Waals surface area contributed by atoms with Crippen LogP contribution in [0.15, 0.2) is 40.8 Å². The monoisotopic (exact) mass is 425 g/mol. The number of likely N-dealkylation sites (tertiary alicyclic amines) is 1. The van der Waals surface area contributed by atoms with Crippen LogP contribution in [0.5, 0.6) is 0 Å². The Morgan fingerprint density at radius 3 is 2.52 bits per heavy atom. The highest BCUT2D eigenvalue weighted by molar-refractivity contribution is 5.96. The number of fused-ring (bicyclic) bond motifs is 1. The molecule has 2 amide bonds. The molecular formula is C23H21F2N3O3. The second-order valence-electron chi connectivity index (χ2n) is 8.19. The van der Waals surface area contributed by atoms with Crippen LogP contribution in [0.4, 0.5) is 14.5 Å². The predicted molar refractivity (Wildman–Crippen MR) is 110 cm³/mol. The maximum Gasteiger partial charge on any atom is 0.256 e. The highest BCUT2D eigenvalue weighted by atomic mass is 19.1. The number of nitrogens with zero attached hydrogens (tertiary/aromatic N) is 2. The van der Waals surface area contributed by atoms with Crippen LogP contribution < -0.4 is 5.32 Å². The minimum atomic E-state index is -0.877. The number of halogens is 2. The fraction of sp³-hybridized carbons (Fsp3) is 0.348. The second-order valence-corrected chi connectivity index (χ2v) is 8.19. The minimum absolute atomic E-state index is 0.120. The molecule has 1 aromatic heterocycles. The Hall–Kier alpha value is -3.29. The van der Waals surface area contributed by atoms with E-state index in [2.05, 4.69) is 10.3 Å². The summed E-state index contributed by atoms with van der Waals surface area (Å²) in [6, 6.07) is 8.32. The van der Waals surface area contributed by atoms with E-state index < -0.39 is 17.5 Å². The molecule has 1 saturated carbocycles. The van der Waals surface area contributed by atoms with Crippen LogP contribution in [0.1, 0.15) is 47.8 Å². The molecule has 0 atom stereocenters. The number of carbonyl (C=O) groups is 2. The van der Waals surface area contributed by atoms with Crippen LogP contribution >= 0.6 is 0 Å². The average Bonchev–Trinajstić information content (AvgIpc) is 3.53. The van der Waals surface area contributed by atoms with Gasteiger partial charge >= 0.3 is 0 Å². The Kier molecular flexibility index (Phi) is 4.92. The number of aromatic nitrogens is 1. The summed E-state index contributed by atoms with van der Waals surface area (Å²) in [5, 5.41) is 2.92. The number of carbonyl (C=O) groups excluding carboxylic acids is 2. The van der Waals surface area contributed by atoms with Gasteiger partial charge in [-0.05, 0) is 56.0 Å². The third-order valence-corrected chi connectivity index (χ3v) is 5.91. The van der Waals surface area contributed by atoms with E-state index in [1.165, 1.54) is 4.90 Å². The molecule has 2 aromatic carbocycles. The van der Waals surface area contributed by atoms with E-state index in [0.29, 0.717) is 49.2 Å². The van der Waals surface area contributed by atoms with Crippen LogP contribution in [-0.4, -0.2) is 34.8 Å². The molecule has 8 heteroatoms. The lowest BCUT2D eigenvalue weighted by molar-refractivity contribution is -0.121. The fourth-order valence-corrected chi connectivity index (χ4v) is 3.95. The van der Waals surface area contributed by atoms with Crippen molar-refractivity contribution in [1.29, 1.82) is 0 Å². The zero-order valence-electron chi connectivity index (χ0n) is 16.7. The molecule has 0 bridgehead atoms. The molecule has 0 spiro atoms. The normalized spacial score (nSPS) is 17.2. The Bertz CT molecular complexity index is 1160. The van der Waals surface area contributed by atoms with Crippen LogP contribution in [0.3, 0.4) is 0 Å². The van der Waals surface area contributed by atoms with E-state index in [-0.39, 0.29) is 17.4 Å². The van der Waals surface area contributed by atoms with E-state index in [1.54, 1.807) is 12.1 Å². The topological polar surface area (TPSA) is 75.4 Å². The molecule has 1 saturated heterocycles. The van der Waals surface area contributed by atoms with Crippen LogP contribution in [0.25, 0.3) is 11.1 Å². The smallest absolute Gasteiger partial charge is 0.256 e. The zero-order chi connectivity index (χ0) is 21.5. The number of anilines is 1. The van der Waals surface area contributed by atoms with Crippen LogP contribution in [0.2, 0.25) is 0 Å². The van der Waals surface area contributed by atoms with E-state index >= 15 is 0 Å². The van der Waals surface area contributed by atoms with Crippen molar-refractivity contribution < 1.29 is 22.8 Å². The van der Waals surface area contributed by atoms with Crippen molar-refractivity contribution in [3.63, 3.8) is 0 Å². The number of benzene rings is 2. The first-order chi connectivity index (χ1) is 15.0. The maximum atomic E-state index is 13.9. The first-order valence-corrected chi connectivity index (χ1v) is 10.4. The lowest BCUT2D eigenvalue weighted by Gasteiger charge is -2.31. The first-order valence-electron chi connectivity index (χ1n) is 10.4. The number of hydrogen-bond donors (Lipinski definition) is 1. The summed E-state index contributed by atoms with van der Waals surface area (Å²) in [5.41, 5.74) is 1.93. The number of oxazole rings is 1. The molecule has 5 rings (SSSR count). The number of rotatable bonds is 4. The number of hydrogen-bond acceptors (Lipinski definition) is 4. The third kappa shape index (κ3) is 4.02. The summed E-state index contributed by atoms with van der Waals surface area (Å²) in [4.78, 5) is 31.2. The fourth-order valence-electron chi connectivity index (χ4n) is 3.95. The van der Waals surface area contributed by atoms with Gasteiger partial charge in [-0.2, -0.15) is 0 Å². The quantitative estimate of drug-likeness (QED) is 0.669. The summed E-state index contributed by atoms with van der Waals surface area (Å²) >= 11 is 0. The predicted octanol–water partition coefficient (Wildman–Crippen LogP) is 4.47. The van der Waals surface area contributed by atoms with Crippen LogP contribution in [-0.2, 0) is 4.79 Å². The average molecular weight is 425 g/mol. The van der Waals surface area contributed by atoms with Gasteiger partial charge in [-0.3, -0.25) is 9.59 Å². The van der Waals surface area contributed by atoms with E-state index in [9.17, 15) is 18.4 Å². The lowest BCUT2D eigenvalue weighted by Crippen LogP contribution is -2.41. The van der Waals surface area contributed by atoms with E-state index in [0.717, 1.165) is 36.4 Å². The molecule has 1 aliphatic heterocycles. The summed E-state index contributed by atoms with van der Waals surface area (Å²) in [6.45, 7) is 0.668. The standard InChI is InChI=1S/C23H21F2N3O3/c24-15-3-5-17(18(25)11-15)23(30)28-9-7-13(8-10-28)21(29)26-16-4-6-20-19(12-16)27-22(31-20)14-1-2-14/h3-6,11-14H,1-2,7-10H2,(H,26,29). The van der Waals surface area contributed by atoms with Crippen molar-refractivity contribution in [2.24, 2.45) is 5.92 Å². The molecule has 2 aliphatic rings. The van der Waals surface area contributed by atoms with Gasteiger partial charge in [0.2, 0.25) is 5.91 Å². The molecule has 31 heavy (non-hydrogen) atoms. The van der Waals surface area contributed by atoms with Crippen molar-refractivity contribution >= 4 is 28.6 Å². The molecule has 2 fully saturated rings. The zero-order valence-corrected chi connectivity index (χ0v) is 16.7. The van der Waals surface area contributed by atoms with E-state index in [1.807, 2.05) is 6.07 Å². The van der Waals surface area contributed by atoms with Gasteiger partial charge in [-0.1, -0.05) is 0 Å². The third-order valence-electron chi connectivity index (χ3n) is 5.91. The molecule has 1 aliphatic carbocycles. The molecular weight excluding hydrogens is 404 g/mol. The van der Waals surface area contributed by atoms with Crippen molar-refractivity contribution in [1.82, 2.24) is 9.88 Å². The lowest BCUT2D eigenvalue weighted by atomic mass is 9.95. The SMILES string of the molecule is O=C(Nc1ccc2oc(C3CC3)nc2c1)C1CCN(C(=O)c2ccc(F)cc2F)CC1. The largest absolute Gasteiger partial charge is 0.440 e. The number of amides is 2. The van der Waals surface area contributed by atoms with Gasteiger partial charge in [0.05, 0.1) is 5.56 Å². The molecule has 0 radical (unpaired) electrons. The maximum absolute atomic E-state index is 13.9. The first kappa shape index (κ1) is 19.7. The Labute approximate surface area is 177 Å². The molecule has 1 N–H and O–H groups in total. The van der Waals surface area contributed by atoms with Crippen molar-refractivity contribution in [3.05, 3.63) is 59.5 Å². The van der Waals surface area contributed by atoms with Gasteiger partial charge < -0.3 is 14.6 Å². The van der Waals surface area contributed by atoms with Gasteiger partial charge in [0, 0.05) is 36.7 Å². The van der Waals surface area contributed by atoms with Gasteiger partial charge in [-0.15, -0.1) is 0 Å². The second kappa shape index (κ2) is 7.76. The minimum Gasteiger partial charge on any atom is -0.440 e. The Balaban J connectivity index is 1.20. The summed E-state index contributed by atoms with van der Waals surface area (Å²) < 4.78 is 32.7. The Morgan fingerprint density at radius 2 is 1.81 bits per heavy atom. The van der Waals surface area contributed by atoms with Gasteiger partial charge in [0.25, 0.3) is 5.91 Å². The van der Waals surface area contributed by atoms with Crippen LogP contribution in [0, 0.1) is 17.6 Å². The van der Waals surface area contributed by atoms with Crippen molar-refractivity contribution in [2.75, 3.05) is 18.4 Å². The molecule has 2 heterocycles.